The van der Waals surface area contributed by atoms with Crippen molar-refractivity contribution < 1.29 is 18.7 Å². The molecule has 4 aromatic heterocycles. The first-order chi connectivity index (χ1) is 15.5. The monoisotopic (exact) mass is 437 g/mol. The molecule has 2 bridgehead atoms. The Morgan fingerprint density at radius 2 is 1.91 bits per heavy atom. The second-order valence-electron chi connectivity index (χ2n) is 8.87. The van der Waals surface area contributed by atoms with Crippen LogP contribution in [0.25, 0.3) is 27.7 Å². The Kier molecular flexibility index (Phi) is 4.21. The molecule has 3 N–H and O–H groups in total. The van der Waals surface area contributed by atoms with E-state index in [1.54, 1.807) is 18.5 Å². The van der Waals surface area contributed by atoms with Crippen LogP contribution < -0.4 is 5.32 Å². The topological polar surface area (TPSA) is 95.3 Å². The number of H-pyrrole nitrogens is 1. The normalized spacial score (nSPS) is 24.9. The van der Waals surface area contributed by atoms with Gasteiger partial charge in [-0.05, 0) is 49.7 Å². The molecule has 32 heavy (non-hydrogen) atoms. The molecule has 7 rings (SSSR count). The number of hydrogen-bond donors (Lipinski definition) is 3. The number of nitrogens with one attached hydrogen (secondary N) is 2. The van der Waals surface area contributed by atoms with E-state index in [1.165, 1.54) is 16.8 Å². The number of rotatable bonds is 4. The summed E-state index contributed by atoms with van der Waals surface area (Å²) in [4.78, 5) is 23.2. The highest BCUT2D eigenvalue weighted by atomic mass is 19.1. The fraction of sp³-hybridized carbons (Fsp3) is 0.348. The van der Waals surface area contributed by atoms with Gasteiger partial charge in [0.15, 0.2) is 0 Å². The zero-order valence-corrected chi connectivity index (χ0v) is 17.1. The lowest BCUT2D eigenvalue weighted by atomic mass is 9.61. The van der Waals surface area contributed by atoms with Crippen molar-refractivity contribution in [3.05, 3.63) is 48.8 Å². The maximum absolute atomic E-state index is 15.5. The van der Waals surface area contributed by atoms with Crippen molar-refractivity contribution in [1.82, 2.24) is 19.4 Å². The van der Waals surface area contributed by atoms with Crippen LogP contribution in [0.2, 0.25) is 0 Å². The number of fused-ring (bicyclic) bond motifs is 5. The number of carboxylic acid groups (broad SMARTS) is 1. The van der Waals surface area contributed by atoms with Crippen LogP contribution >= 0.6 is 0 Å². The fourth-order valence-corrected chi connectivity index (χ4v) is 5.77. The number of carboxylic acids is 1. The number of aromatic amines is 1. The van der Waals surface area contributed by atoms with Crippen molar-refractivity contribution in [1.29, 1.82) is 0 Å². The molecule has 1 unspecified atom stereocenters. The second-order valence-corrected chi connectivity index (χ2v) is 8.87. The summed E-state index contributed by atoms with van der Waals surface area (Å²) in [5.41, 5.74) is 2.58. The van der Waals surface area contributed by atoms with Crippen molar-refractivity contribution in [2.45, 2.75) is 31.7 Å². The number of hydrogen-bond acceptors (Lipinski definition) is 4. The predicted molar refractivity (Wildman–Crippen MR) is 114 cm³/mol. The van der Waals surface area contributed by atoms with Crippen LogP contribution in [0.3, 0.4) is 0 Å². The summed E-state index contributed by atoms with van der Waals surface area (Å²) in [5.74, 6) is -2.08. The Balaban J connectivity index is 1.49. The molecule has 3 fully saturated rings. The lowest BCUT2D eigenvalue weighted by molar-refractivity contribution is -0.148. The van der Waals surface area contributed by atoms with Crippen molar-refractivity contribution in [3.8, 4) is 11.1 Å². The Labute approximate surface area is 181 Å². The number of halogens is 2. The summed E-state index contributed by atoms with van der Waals surface area (Å²) in [6, 6.07) is 2.71. The molecule has 0 aromatic carbocycles. The molecule has 3 aliphatic rings. The van der Waals surface area contributed by atoms with Crippen molar-refractivity contribution >= 4 is 28.2 Å². The van der Waals surface area contributed by atoms with Crippen molar-refractivity contribution in [2.75, 3.05) is 5.32 Å². The maximum atomic E-state index is 15.5. The minimum absolute atomic E-state index is 0.108. The van der Waals surface area contributed by atoms with E-state index in [0.717, 1.165) is 31.9 Å². The standard InChI is InChI=1S/C23H21F2N5O2/c24-13-5-15-16(8-28-22(15)27-7-13)14-6-17(21(25)30-10-26-9-18(14)30)29-20-12-3-1-11(2-4-12)19(20)23(31)32/h5-12,19-20,29H,1-4H2,(H,27,28)(H,31,32)/t11?,12?,19-,20?/m0/s1. The van der Waals surface area contributed by atoms with Gasteiger partial charge >= 0.3 is 5.97 Å². The van der Waals surface area contributed by atoms with Gasteiger partial charge in [-0.15, -0.1) is 0 Å². The number of pyridine rings is 2. The third-order valence-electron chi connectivity index (χ3n) is 7.25. The Hall–Kier alpha value is -3.49. The summed E-state index contributed by atoms with van der Waals surface area (Å²) < 4.78 is 30.7. The van der Waals surface area contributed by atoms with Gasteiger partial charge < -0.3 is 15.4 Å². The van der Waals surface area contributed by atoms with Crippen LogP contribution in [0, 0.1) is 29.5 Å². The van der Waals surface area contributed by atoms with Gasteiger partial charge in [0.25, 0.3) is 0 Å². The average Bonchev–Trinajstić information content (AvgIpc) is 3.44. The molecule has 9 heteroatoms. The fourth-order valence-electron chi connectivity index (χ4n) is 5.77. The van der Waals surface area contributed by atoms with Crippen molar-refractivity contribution in [3.63, 3.8) is 0 Å². The number of carbonyl (C=O) groups is 1. The summed E-state index contributed by atoms with van der Waals surface area (Å²) in [5, 5.41) is 13.7. The number of nitrogens with zero attached hydrogens (tertiary/aromatic N) is 3. The van der Waals surface area contributed by atoms with Gasteiger partial charge in [0.05, 0.1) is 29.5 Å². The molecule has 2 atom stereocenters. The van der Waals surface area contributed by atoms with Crippen LogP contribution in [0.1, 0.15) is 25.7 Å². The molecule has 4 aromatic rings. The van der Waals surface area contributed by atoms with E-state index >= 15 is 4.39 Å². The quantitative estimate of drug-likeness (QED) is 0.410. The highest BCUT2D eigenvalue weighted by Gasteiger charge is 2.47. The maximum Gasteiger partial charge on any atom is 0.308 e. The van der Waals surface area contributed by atoms with E-state index in [-0.39, 0.29) is 23.6 Å². The molecule has 164 valence electrons. The summed E-state index contributed by atoms with van der Waals surface area (Å²) in [6.45, 7) is 0. The van der Waals surface area contributed by atoms with Gasteiger partial charge in [-0.3, -0.25) is 9.20 Å². The van der Waals surface area contributed by atoms with Crippen molar-refractivity contribution in [2.24, 2.45) is 17.8 Å². The van der Waals surface area contributed by atoms with Gasteiger partial charge in [-0.1, -0.05) is 0 Å². The van der Waals surface area contributed by atoms with E-state index < -0.39 is 23.7 Å². The van der Waals surface area contributed by atoms with Crippen LogP contribution in [0.4, 0.5) is 14.5 Å². The molecule has 7 nitrogen and oxygen atoms in total. The van der Waals surface area contributed by atoms with Crippen LogP contribution in [0.5, 0.6) is 0 Å². The van der Waals surface area contributed by atoms with E-state index in [0.29, 0.717) is 27.7 Å². The molecular formula is C23H21F2N5O2. The highest BCUT2D eigenvalue weighted by molar-refractivity contribution is 5.98. The number of anilines is 1. The molecule has 0 aliphatic heterocycles. The molecule has 4 heterocycles. The molecule has 3 saturated carbocycles. The Bertz CT molecular complexity index is 1360. The van der Waals surface area contributed by atoms with E-state index in [9.17, 15) is 14.3 Å². The van der Waals surface area contributed by atoms with Crippen LogP contribution in [0.15, 0.2) is 37.1 Å². The molecule has 0 radical (unpaired) electrons. The Morgan fingerprint density at radius 1 is 1.12 bits per heavy atom. The van der Waals surface area contributed by atoms with Gasteiger partial charge in [0, 0.05) is 28.8 Å². The smallest absolute Gasteiger partial charge is 0.308 e. The first kappa shape index (κ1) is 19.2. The summed E-state index contributed by atoms with van der Waals surface area (Å²) in [7, 11) is 0. The van der Waals surface area contributed by atoms with Gasteiger partial charge in [-0.25, -0.2) is 14.4 Å². The summed E-state index contributed by atoms with van der Waals surface area (Å²) in [6.07, 6.45) is 9.49. The predicted octanol–water partition coefficient (Wildman–Crippen LogP) is 4.46. The largest absolute Gasteiger partial charge is 0.481 e. The minimum Gasteiger partial charge on any atom is -0.481 e. The Morgan fingerprint density at radius 3 is 2.69 bits per heavy atom. The minimum atomic E-state index is -0.834. The first-order valence-corrected chi connectivity index (χ1v) is 10.8. The molecular weight excluding hydrogens is 416 g/mol. The average molecular weight is 437 g/mol. The van der Waals surface area contributed by atoms with E-state index in [2.05, 4.69) is 20.3 Å². The van der Waals surface area contributed by atoms with Crippen LogP contribution in [-0.2, 0) is 4.79 Å². The third kappa shape index (κ3) is 2.80. The highest BCUT2D eigenvalue weighted by Crippen LogP contribution is 2.47. The lowest BCUT2D eigenvalue weighted by Crippen LogP contribution is -2.51. The SMILES string of the molecule is O=C(O)[C@H]1C2CCC(CC2)C1Nc1cc(-c2c[nH]c3ncc(F)cc23)c2cncn2c1F. The molecule has 0 saturated heterocycles. The molecule has 3 aliphatic carbocycles. The zero-order valence-electron chi connectivity index (χ0n) is 17.1. The van der Waals surface area contributed by atoms with Gasteiger partial charge in [-0.2, -0.15) is 4.39 Å². The van der Waals surface area contributed by atoms with Gasteiger partial charge in [0.1, 0.15) is 17.8 Å². The third-order valence-corrected chi connectivity index (χ3v) is 7.25. The first-order valence-electron chi connectivity index (χ1n) is 10.8. The van der Waals surface area contributed by atoms with Crippen LogP contribution in [-0.4, -0.2) is 36.5 Å². The van der Waals surface area contributed by atoms with E-state index in [4.69, 9.17) is 0 Å². The number of aromatic nitrogens is 4. The molecule has 0 spiro atoms. The van der Waals surface area contributed by atoms with Gasteiger partial charge in [0.2, 0.25) is 5.95 Å². The lowest BCUT2D eigenvalue weighted by Gasteiger charge is -2.47. The second kappa shape index (κ2) is 7.01. The van der Waals surface area contributed by atoms with E-state index in [1.807, 2.05) is 0 Å². The summed E-state index contributed by atoms with van der Waals surface area (Å²) >= 11 is 0. The molecule has 0 amide bonds. The zero-order chi connectivity index (χ0) is 22.0. The number of imidazole rings is 1. The number of aliphatic carboxylic acids is 1.